The summed E-state index contributed by atoms with van der Waals surface area (Å²) in [6.07, 6.45) is 13.9. The number of phenols is 1. The van der Waals surface area contributed by atoms with Gasteiger partial charge < -0.3 is 45.8 Å². The fourth-order valence-electron chi connectivity index (χ4n) is 12.0. The molecule has 17 heteroatoms. The summed E-state index contributed by atoms with van der Waals surface area (Å²) in [4.78, 5) is 59.4. The summed E-state index contributed by atoms with van der Waals surface area (Å²) in [6.45, 7) is 12.2. The van der Waals surface area contributed by atoms with E-state index in [1.165, 1.54) is 10.5 Å². The first-order valence-corrected chi connectivity index (χ1v) is 24.8. The molecule has 0 radical (unpaired) electrons. The molecule has 16 nitrogen and oxygen atoms in total. The van der Waals surface area contributed by atoms with E-state index < -0.39 is 23.6 Å². The highest BCUT2D eigenvalue weighted by Crippen LogP contribution is 2.51. The Balaban J connectivity index is 0.686. The summed E-state index contributed by atoms with van der Waals surface area (Å²) in [5.41, 5.74) is 4.37. The van der Waals surface area contributed by atoms with Crippen LogP contribution in [0.15, 0.2) is 60.9 Å². The molecule has 5 N–H and O–H groups in total. The van der Waals surface area contributed by atoms with Gasteiger partial charge in [0.05, 0.1) is 16.8 Å². The van der Waals surface area contributed by atoms with Crippen LogP contribution in [0.25, 0.3) is 11.3 Å². The molecule has 4 aromatic rings. The number of aliphatic hydroxyl groups excluding tert-OH is 1. The van der Waals surface area contributed by atoms with E-state index in [4.69, 9.17) is 28.0 Å². The highest BCUT2D eigenvalue weighted by Gasteiger charge is 2.56. The van der Waals surface area contributed by atoms with Crippen LogP contribution in [0.3, 0.4) is 0 Å². The van der Waals surface area contributed by atoms with Gasteiger partial charge in [-0.3, -0.25) is 9.59 Å². The highest BCUT2D eigenvalue weighted by molar-refractivity contribution is 6.31. The standard InChI is InChI=1S/C52H62ClN11O5/c1-6-32-12-11-31(19-39(32)53)24-54-47(67)42-20-36(65)27-64(42)48(68)45(51(3,4)5)58-50(69)62-28-52(29-62)22-35(23-52)61-16-13-33(14-17-61)34-25-55-49(56-26-34)63-18-15-40-44(30(63)2)38-21-41(59-60-46(38)57-40)37-9-7-8-10-43(37)66/h1,7-12,19,21,25-26,30,33,35-36,40,42,44-45,65-66H,13-18,20,22-24,27-29H2,2-5H3,(H,54,67)(H,57,60)(H,58,69)/t30-,36-,40?,42+,44?,45-/m1/s1. The number of hydrogen-bond donors (Lipinski definition) is 5. The van der Waals surface area contributed by atoms with Crippen LogP contribution in [0.5, 0.6) is 5.75 Å². The molecule has 7 heterocycles. The molecule has 4 saturated heterocycles. The number of carbonyl (C=O) groups excluding carboxylic acids is 3. The summed E-state index contributed by atoms with van der Waals surface area (Å²) in [6, 6.07) is 13.3. The van der Waals surface area contributed by atoms with Gasteiger partial charge in [0.2, 0.25) is 17.8 Å². The molecule has 2 unspecified atom stereocenters. The molecule has 4 amide bonds. The summed E-state index contributed by atoms with van der Waals surface area (Å²) in [7, 11) is 0. The number of anilines is 2. The summed E-state index contributed by atoms with van der Waals surface area (Å²) >= 11 is 6.26. The molecule has 5 fully saturated rings. The van der Waals surface area contributed by atoms with Gasteiger partial charge in [-0.15, -0.1) is 16.6 Å². The Bertz CT molecular complexity index is 2650. The lowest BCUT2D eigenvalue weighted by molar-refractivity contribution is -0.142. The van der Waals surface area contributed by atoms with Gasteiger partial charge in [0.1, 0.15) is 17.8 Å². The number of rotatable bonds is 9. The second-order valence-corrected chi connectivity index (χ2v) is 21.8. The van der Waals surface area contributed by atoms with Crippen LogP contribution in [0, 0.1) is 23.2 Å². The molecule has 362 valence electrons. The molecule has 0 bridgehead atoms. The second kappa shape index (κ2) is 18.4. The van der Waals surface area contributed by atoms with Crippen LogP contribution in [-0.4, -0.2) is 139 Å². The van der Waals surface area contributed by atoms with Crippen molar-refractivity contribution in [1.82, 2.24) is 45.5 Å². The van der Waals surface area contributed by atoms with E-state index in [0.29, 0.717) is 46.9 Å². The van der Waals surface area contributed by atoms with Crippen molar-refractivity contribution >= 4 is 41.2 Å². The third kappa shape index (κ3) is 9.05. The minimum Gasteiger partial charge on any atom is -0.507 e. The first-order chi connectivity index (χ1) is 33.1. The van der Waals surface area contributed by atoms with E-state index in [9.17, 15) is 24.6 Å². The number of para-hydroxylation sites is 1. The number of urea groups is 1. The lowest BCUT2D eigenvalue weighted by atomic mass is 9.60. The van der Waals surface area contributed by atoms with Crippen LogP contribution in [0.4, 0.5) is 16.6 Å². The lowest BCUT2D eigenvalue weighted by Crippen LogP contribution is -2.70. The molecule has 6 aliphatic rings. The van der Waals surface area contributed by atoms with Gasteiger partial charge in [-0.05, 0) is 105 Å². The zero-order valence-corrected chi connectivity index (χ0v) is 40.5. The molecule has 5 aliphatic heterocycles. The predicted octanol–water partition coefficient (Wildman–Crippen LogP) is 5.50. The predicted molar refractivity (Wildman–Crippen MR) is 262 cm³/mol. The number of fused-ring (bicyclic) bond motifs is 3. The Morgan fingerprint density at radius 3 is 2.45 bits per heavy atom. The molecule has 1 saturated carbocycles. The number of nitrogens with zero attached hydrogens (tertiary/aromatic N) is 8. The molecule has 1 aliphatic carbocycles. The molecule has 10 rings (SSSR count). The van der Waals surface area contributed by atoms with Crippen molar-refractivity contribution in [3.8, 4) is 29.4 Å². The van der Waals surface area contributed by atoms with Crippen molar-refractivity contribution in [3.05, 3.63) is 88.2 Å². The van der Waals surface area contributed by atoms with Gasteiger partial charge in [-0.2, -0.15) is 0 Å². The van der Waals surface area contributed by atoms with Crippen LogP contribution < -0.4 is 20.9 Å². The zero-order chi connectivity index (χ0) is 48.4. The monoisotopic (exact) mass is 955 g/mol. The summed E-state index contributed by atoms with van der Waals surface area (Å²) in [5, 5.41) is 40.0. The number of hydrogen-bond acceptors (Lipinski definition) is 12. The maximum atomic E-state index is 14.2. The number of aromatic hydroxyl groups is 1. The van der Waals surface area contributed by atoms with Crippen LogP contribution in [0.1, 0.15) is 100 Å². The number of nitrogens with one attached hydrogen (secondary N) is 3. The van der Waals surface area contributed by atoms with Crippen molar-refractivity contribution < 1.29 is 24.6 Å². The molecule has 2 aromatic carbocycles. The van der Waals surface area contributed by atoms with Crippen molar-refractivity contribution in [2.45, 2.75) is 121 Å². The topological polar surface area (TPSA) is 192 Å². The molecule has 2 aromatic heterocycles. The number of aromatic nitrogens is 4. The van der Waals surface area contributed by atoms with Gasteiger partial charge in [0, 0.05) is 97.7 Å². The number of likely N-dealkylation sites (tertiary alicyclic amines) is 3. The van der Waals surface area contributed by atoms with Gasteiger partial charge in [0.15, 0.2) is 5.82 Å². The Hall–Kier alpha value is -6.02. The third-order valence-corrected chi connectivity index (χ3v) is 16.1. The summed E-state index contributed by atoms with van der Waals surface area (Å²) in [5.74, 6) is 4.05. The number of benzene rings is 2. The number of phenolic OH excluding ortho intramolecular Hbond substituents is 1. The van der Waals surface area contributed by atoms with Gasteiger partial charge >= 0.3 is 6.03 Å². The first-order valence-electron chi connectivity index (χ1n) is 24.4. The average Bonchev–Trinajstić information content (AvgIpc) is 3.89. The average molecular weight is 957 g/mol. The summed E-state index contributed by atoms with van der Waals surface area (Å²) < 4.78 is 0. The second-order valence-electron chi connectivity index (χ2n) is 21.4. The maximum absolute atomic E-state index is 14.2. The van der Waals surface area contributed by atoms with Crippen molar-refractivity contribution in [2.75, 3.05) is 49.5 Å². The Morgan fingerprint density at radius 1 is 1.01 bits per heavy atom. The van der Waals surface area contributed by atoms with Crippen LogP contribution in [-0.2, 0) is 16.1 Å². The molecule has 69 heavy (non-hydrogen) atoms. The number of carbonyl (C=O) groups is 3. The van der Waals surface area contributed by atoms with E-state index in [1.54, 1.807) is 35.2 Å². The largest absolute Gasteiger partial charge is 0.507 e. The van der Waals surface area contributed by atoms with Crippen molar-refractivity contribution in [2.24, 2.45) is 10.8 Å². The van der Waals surface area contributed by atoms with E-state index >= 15 is 0 Å². The molecular formula is C52H62ClN11O5. The van der Waals surface area contributed by atoms with Gasteiger partial charge in [0.25, 0.3) is 0 Å². The van der Waals surface area contributed by atoms with E-state index in [2.05, 4.69) is 54.9 Å². The number of terminal acetylenes is 1. The van der Waals surface area contributed by atoms with Crippen LogP contribution >= 0.6 is 11.6 Å². The lowest BCUT2D eigenvalue weighted by Gasteiger charge is -2.61. The number of β-amino-alcohol motifs (C(OH)–C–C–N with tert-alkyl or cyclic N) is 1. The van der Waals surface area contributed by atoms with E-state index in [0.717, 1.165) is 74.6 Å². The van der Waals surface area contributed by atoms with E-state index in [-0.39, 0.29) is 66.5 Å². The minimum absolute atomic E-state index is 0.00330. The number of aliphatic hydroxyl groups is 1. The quantitative estimate of drug-likeness (QED) is 0.133. The first kappa shape index (κ1) is 46.7. The van der Waals surface area contributed by atoms with Gasteiger partial charge in [-0.1, -0.05) is 56.5 Å². The zero-order valence-electron chi connectivity index (χ0n) is 39.7. The normalized spacial score (nSPS) is 24.9. The number of amides is 4. The Kier molecular flexibility index (Phi) is 12.4. The fraction of sp³-hybridized carbons (Fsp3) is 0.519. The maximum Gasteiger partial charge on any atom is 0.318 e. The fourth-order valence-corrected chi connectivity index (χ4v) is 12.2. The Morgan fingerprint density at radius 2 is 1.75 bits per heavy atom. The third-order valence-electron chi connectivity index (χ3n) is 15.8. The molecule has 6 atom stereocenters. The van der Waals surface area contributed by atoms with E-state index in [1.807, 2.05) is 45.3 Å². The highest BCUT2D eigenvalue weighted by atomic mass is 35.5. The molecular weight excluding hydrogens is 894 g/mol. The van der Waals surface area contributed by atoms with Crippen molar-refractivity contribution in [1.29, 1.82) is 0 Å². The number of piperidine rings is 2. The number of halogens is 1. The minimum atomic E-state index is -0.902. The SMILES string of the molecule is C#Cc1ccc(CNC(=O)[C@@H]2C[C@@H](O)CN2C(=O)[C@@H](NC(=O)N2CC3(CC(N4CCC(c5cnc(N6CCC7Nc8nnc(-c9ccccc9O)cc8C7[C@H]6C)nc5)CC4)C3)C2)C(C)(C)C)cc1Cl. The Labute approximate surface area is 408 Å². The van der Waals surface area contributed by atoms with Gasteiger partial charge in [-0.25, -0.2) is 14.8 Å². The smallest absolute Gasteiger partial charge is 0.318 e. The molecule has 1 spiro atoms. The van der Waals surface area contributed by atoms with Crippen LogP contribution in [0.2, 0.25) is 5.02 Å². The van der Waals surface area contributed by atoms with Crippen molar-refractivity contribution in [3.63, 3.8) is 0 Å².